The highest BCUT2D eigenvalue weighted by atomic mass is 16.4. The molecule has 1 aromatic carbocycles. The van der Waals surface area contributed by atoms with Crippen molar-refractivity contribution in [2.45, 2.75) is 38.6 Å². The molecule has 2 N–H and O–H groups in total. The Hall–Kier alpha value is -1.84. The van der Waals surface area contributed by atoms with E-state index in [9.17, 15) is 9.59 Å². The molecule has 1 aliphatic carbocycles. The van der Waals surface area contributed by atoms with Gasteiger partial charge in [-0.05, 0) is 37.8 Å². The number of hydrogen-bond donors (Lipinski definition) is 2. The Kier molecular flexibility index (Phi) is 3.11. The van der Waals surface area contributed by atoms with Crippen LogP contribution in [-0.2, 0) is 16.0 Å². The second kappa shape index (κ2) is 4.44. The molecule has 4 nitrogen and oxygen atoms in total. The Labute approximate surface area is 106 Å². The van der Waals surface area contributed by atoms with E-state index in [-0.39, 0.29) is 12.3 Å². The van der Waals surface area contributed by atoms with Gasteiger partial charge in [0.25, 0.3) is 0 Å². The van der Waals surface area contributed by atoms with Crippen LogP contribution in [0.2, 0.25) is 0 Å². The first-order valence-corrected chi connectivity index (χ1v) is 6.03. The molecule has 0 spiro atoms. The summed E-state index contributed by atoms with van der Waals surface area (Å²) < 4.78 is 0. The fourth-order valence-electron chi connectivity index (χ4n) is 1.99. The van der Waals surface area contributed by atoms with Crippen molar-refractivity contribution in [3.05, 3.63) is 34.9 Å². The lowest BCUT2D eigenvalue weighted by Crippen LogP contribution is -2.43. The lowest BCUT2D eigenvalue weighted by molar-refractivity contribution is -0.143. The maximum Gasteiger partial charge on any atom is 0.329 e. The molecule has 4 heteroatoms. The summed E-state index contributed by atoms with van der Waals surface area (Å²) in [6.07, 6.45) is 1.30. The van der Waals surface area contributed by atoms with Gasteiger partial charge in [0.2, 0.25) is 5.91 Å². The third-order valence-electron chi connectivity index (χ3n) is 3.39. The third-order valence-corrected chi connectivity index (χ3v) is 3.39. The van der Waals surface area contributed by atoms with E-state index in [4.69, 9.17) is 5.11 Å². The number of carbonyl (C=O) groups is 2. The van der Waals surface area contributed by atoms with E-state index in [2.05, 4.69) is 5.32 Å². The Bertz CT molecular complexity index is 504. The van der Waals surface area contributed by atoms with Gasteiger partial charge in [-0.15, -0.1) is 0 Å². The highest BCUT2D eigenvalue weighted by molar-refractivity contribution is 5.90. The van der Waals surface area contributed by atoms with Crippen LogP contribution >= 0.6 is 0 Å². The van der Waals surface area contributed by atoms with E-state index in [1.54, 1.807) is 0 Å². The molecule has 0 atom stereocenters. The Morgan fingerprint density at radius 3 is 2.56 bits per heavy atom. The number of aryl methyl sites for hydroxylation is 2. The molecule has 1 aliphatic rings. The number of carboxylic acids is 1. The summed E-state index contributed by atoms with van der Waals surface area (Å²) in [7, 11) is 0. The van der Waals surface area contributed by atoms with Crippen LogP contribution in [0.4, 0.5) is 0 Å². The van der Waals surface area contributed by atoms with Crippen molar-refractivity contribution in [2.24, 2.45) is 0 Å². The van der Waals surface area contributed by atoms with Gasteiger partial charge in [-0.2, -0.15) is 0 Å². The van der Waals surface area contributed by atoms with Gasteiger partial charge in [-0.25, -0.2) is 4.79 Å². The first-order chi connectivity index (χ1) is 8.43. The van der Waals surface area contributed by atoms with Crippen LogP contribution in [0.15, 0.2) is 18.2 Å². The number of rotatable bonds is 4. The molecule has 1 amide bonds. The second-order valence-electron chi connectivity index (χ2n) is 5.04. The number of carbonyl (C=O) groups excluding carboxylic acids is 1. The van der Waals surface area contributed by atoms with E-state index < -0.39 is 11.5 Å². The Balaban J connectivity index is 2.04. The van der Waals surface area contributed by atoms with Crippen LogP contribution in [0.3, 0.4) is 0 Å². The first kappa shape index (κ1) is 12.6. The van der Waals surface area contributed by atoms with Gasteiger partial charge in [0.05, 0.1) is 6.42 Å². The fraction of sp³-hybridized carbons (Fsp3) is 0.429. The molecular weight excluding hydrogens is 230 g/mol. The maximum atomic E-state index is 11.9. The summed E-state index contributed by atoms with van der Waals surface area (Å²) in [5.41, 5.74) is 2.11. The number of carboxylic acid groups (broad SMARTS) is 1. The summed E-state index contributed by atoms with van der Waals surface area (Å²) in [6, 6.07) is 5.94. The summed E-state index contributed by atoms with van der Waals surface area (Å²) in [4.78, 5) is 22.8. The average molecular weight is 247 g/mol. The van der Waals surface area contributed by atoms with Crippen molar-refractivity contribution in [3.8, 4) is 0 Å². The molecular formula is C14H17NO3. The Morgan fingerprint density at radius 2 is 2.00 bits per heavy atom. The standard InChI is InChI=1S/C14H17NO3/c1-9-3-4-10(2)11(7-9)8-12(16)15-14(5-6-14)13(17)18/h3-4,7H,5-6,8H2,1-2H3,(H,15,16)(H,17,18). The predicted molar refractivity (Wildman–Crippen MR) is 67.4 cm³/mol. The Morgan fingerprint density at radius 1 is 1.33 bits per heavy atom. The molecule has 1 saturated carbocycles. The van der Waals surface area contributed by atoms with E-state index in [0.29, 0.717) is 12.8 Å². The minimum absolute atomic E-state index is 0.219. The van der Waals surface area contributed by atoms with E-state index in [1.165, 1.54) is 0 Å². The fourth-order valence-corrected chi connectivity index (χ4v) is 1.99. The second-order valence-corrected chi connectivity index (χ2v) is 5.04. The highest BCUT2D eigenvalue weighted by Gasteiger charge is 2.51. The van der Waals surface area contributed by atoms with Crippen molar-refractivity contribution < 1.29 is 14.7 Å². The molecule has 0 saturated heterocycles. The molecule has 2 rings (SSSR count). The van der Waals surface area contributed by atoms with Crippen molar-refractivity contribution in [3.63, 3.8) is 0 Å². The summed E-state index contributed by atoms with van der Waals surface area (Å²) in [6.45, 7) is 3.92. The van der Waals surface area contributed by atoms with Gasteiger partial charge in [-0.1, -0.05) is 23.8 Å². The molecule has 0 bridgehead atoms. The molecule has 96 valence electrons. The number of benzene rings is 1. The minimum atomic E-state index is -0.991. The first-order valence-electron chi connectivity index (χ1n) is 6.03. The number of aliphatic carboxylic acids is 1. The molecule has 18 heavy (non-hydrogen) atoms. The molecule has 1 fully saturated rings. The molecule has 0 unspecified atom stereocenters. The van der Waals surface area contributed by atoms with Crippen molar-refractivity contribution in [1.82, 2.24) is 5.32 Å². The quantitative estimate of drug-likeness (QED) is 0.849. The zero-order chi connectivity index (χ0) is 13.3. The lowest BCUT2D eigenvalue weighted by atomic mass is 10.0. The van der Waals surface area contributed by atoms with Crippen LogP contribution in [0, 0.1) is 13.8 Å². The van der Waals surface area contributed by atoms with Gasteiger partial charge in [0.1, 0.15) is 5.54 Å². The van der Waals surface area contributed by atoms with E-state index in [0.717, 1.165) is 16.7 Å². The van der Waals surface area contributed by atoms with Crippen LogP contribution in [0.5, 0.6) is 0 Å². The molecule has 1 aromatic rings. The topological polar surface area (TPSA) is 66.4 Å². The van der Waals surface area contributed by atoms with Crippen LogP contribution in [0.25, 0.3) is 0 Å². The molecule has 0 aromatic heterocycles. The third kappa shape index (κ3) is 2.53. The minimum Gasteiger partial charge on any atom is -0.480 e. The van der Waals surface area contributed by atoms with Gasteiger partial charge in [-0.3, -0.25) is 4.79 Å². The smallest absolute Gasteiger partial charge is 0.329 e. The maximum absolute atomic E-state index is 11.9. The van der Waals surface area contributed by atoms with Gasteiger partial charge in [0.15, 0.2) is 0 Å². The largest absolute Gasteiger partial charge is 0.480 e. The summed E-state index contributed by atoms with van der Waals surface area (Å²) in [5.74, 6) is -1.15. The van der Waals surface area contributed by atoms with Crippen LogP contribution < -0.4 is 5.32 Å². The summed E-state index contributed by atoms with van der Waals surface area (Å²) in [5, 5.41) is 11.6. The van der Waals surface area contributed by atoms with Crippen LogP contribution in [-0.4, -0.2) is 22.5 Å². The molecule has 0 radical (unpaired) electrons. The molecule has 0 aliphatic heterocycles. The van der Waals surface area contributed by atoms with Crippen molar-refractivity contribution in [1.29, 1.82) is 0 Å². The average Bonchev–Trinajstić information content (AvgIpc) is 3.04. The van der Waals surface area contributed by atoms with Gasteiger partial charge >= 0.3 is 5.97 Å². The summed E-state index contributed by atoms with van der Waals surface area (Å²) >= 11 is 0. The SMILES string of the molecule is Cc1ccc(C)c(CC(=O)NC2(C(=O)O)CC2)c1. The van der Waals surface area contributed by atoms with Gasteiger partial charge < -0.3 is 10.4 Å². The zero-order valence-electron chi connectivity index (χ0n) is 10.6. The zero-order valence-corrected chi connectivity index (χ0v) is 10.6. The monoisotopic (exact) mass is 247 g/mol. The van der Waals surface area contributed by atoms with Crippen molar-refractivity contribution >= 4 is 11.9 Å². The number of amides is 1. The number of hydrogen-bond acceptors (Lipinski definition) is 2. The normalized spacial score (nSPS) is 16.1. The van der Waals surface area contributed by atoms with Crippen LogP contribution in [0.1, 0.15) is 29.5 Å². The predicted octanol–water partition coefficient (Wildman–Crippen LogP) is 1.58. The van der Waals surface area contributed by atoms with E-state index >= 15 is 0 Å². The number of nitrogens with one attached hydrogen (secondary N) is 1. The lowest BCUT2D eigenvalue weighted by Gasteiger charge is -2.13. The van der Waals surface area contributed by atoms with Crippen molar-refractivity contribution in [2.75, 3.05) is 0 Å². The highest BCUT2D eigenvalue weighted by Crippen LogP contribution is 2.35. The molecule has 0 heterocycles. The van der Waals surface area contributed by atoms with Gasteiger partial charge in [0, 0.05) is 0 Å². The van der Waals surface area contributed by atoms with E-state index in [1.807, 2.05) is 32.0 Å².